The number of carbonyl (C=O) groups is 1. The Morgan fingerprint density at radius 1 is 1.12 bits per heavy atom. The zero-order chi connectivity index (χ0) is 23.6. The highest BCUT2D eigenvalue weighted by molar-refractivity contribution is 6.03. The molecule has 1 aromatic carbocycles. The van der Waals surface area contributed by atoms with Gasteiger partial charge in [0.2, 0.25) is 0 Å². The molecule has 7 heteroatoms. The fourth-order valence-electron chi connectivity index (χ4n) is 4.26. The number of hydrogen-bond acceptors (Lipinski definition) is 4. The lowest BCUT2D eigenvalue weighted by Crippen LogP contribution is -2.46. The van der Waals surface area contributed by atoms with Crippen LogP contribution in [0.4, 0.5) is 4.79 Å². The van der Waals surface area contributed by atoms with Crippen LogP contribution in [0.3, 0.4) is 0 Å². The number of hydrogen-bond donors (Lipinski definition) is 1. The van der Waals surface area contributed by atoms with Crippen LogP contribution in [0.2, 0.25) is 0 Å². The summed E-state index contributed by atoms with van der Waals surface area (Å²) < 4.78 is 2.19. The lowest BCUT2D eigenvalue weighted by molar-refractivity contribution is 0.0979. The lowest BCUT2D eigenvalue weighted by atomic mass is 10.0. The van der Waals surface area contributed by atoms with Crippen LogP contribution in [0.5, 0.6) is 0 Å². The predicted octanol–water partition coefficient (Wildman–Crippen LogP) is 5.77. The van der Waals surface area contributed by atoms with E-state index in [4.69, 9.17) is 9.97 Å². The average molecular weight is 446 g/mol. The van der Waals surface area contributed by atoms with Gasteiger partial charge in [-0.1, -0.05) is 31.5 Å². The molecule has 0 aliphatic carbocycles. The fraction of sp³-hybridized carbons (Fsp3) is 0.385. The largest absolute Gasteiger partial charge is 0.465 e. The van der Waals surface area contributed by atoms with Crippen LogP contribution in [0, 0.1) is 0 Å². The van der Waals surface area contributed by atoms with E-state index >= 15 is 0 Å². The molecule has 0 radical (unpaired) electrons. The third-order valence-electron chi connectivity index (χ3n) is 5.99. The molecule has 0 aliphatic heterocycles. The van der Waals surface area contributed by atoms with Crippen molar-refractivity contribution >= 4 is 28.0 Å². The summed E-state index contributed by atoms with van der Waals surface area (Å²) in [6, 6.07) is 10.2. The van der Waals surface area contributed by atoms with Gasteiger partial charge in [0.05, 0.1) is 17.2 Å². The summed E-state index contributed by atoms with van der Waals surface area (Å²) >= 11 is 0. The SMILES string of the molecule is CCCCc1nc2cnc3cc(-c4cccnc4)ccc3c2n1CCN(C(=O)O)C(C)(C)C. The van der Waals surface area contributed by atoms with E-state index in [1.54, 1.807) is 6.20 Å². The summed E-state index contributed by atoms with van der Waals surface area (Å²) in [5, 5.41) is 10.8. The molecule has 1 N–H and O–H groups in total. The molecule has 3 aromatic heterocycles. The van der Waals surface area contributed by atoms with Gasteiger partial charge in [-0.2, -0.15) is 0 Å². The van der Waals surface area contributed by atoms with Gasteiger partial charge >= 0.3 is 6.09 Å². The van der Waals surface area contributed by atoms with Crippen LogP contribution in [-0.2, 0) is 13.0 Å². The third kappa shape index (κ3) is 4.67. The maximum Gasteiger partial charge on any atom is 0.407 e. The third-order valence-corrected chi connectivity index (χ3v) is 5.99. The van der Waals surface area contributed by atoms with Crippen LogP contribution in [0.1, 0.15) is 46.4 Å². The number of carboxylic acid groups (broad SMARTS) is 1. The molecule has 7 nitrogen and oxygen atoms in total. The molecule has 0 bridgehead atoms. The van der Waals surface area contributed by atoms with Gasteiger partial charge in [0, 0.05) is 48.4 Å². The second kappa shape index (κ2) is 9.17. The monoisotopic (exact) mass is 445 g/mol. The first kappa shape index (κ1) is 22.7. The van der Waals surface area contributed by atoms with Gasteiger partial charge < -0.3 is 14.6 Å². The summed E-state index contributed by atoms with van der Waals surface area (Å²) in [4.78, 5) is 27.2. The van der Waals surface area contributed by atoms with E-state index in [1.165, 1.54) is 4.90 Å². The molecule has 0 spiro atoms. The smallest absolute Gasteiger partial charge is 0.407 e. The second-order valence-electron chi connectivity index (χ2n) is 9.35. The minimum absolute atomic E-state index is 0.390. The number of amides is 1. The van der Waals surface area contributed by atoms with Crippen molar-refractivity contribution in [2.45, 2.75) is 59.0 Å². The van der Waals surface area contributed by atoms with E-state index in [0.717, 1.165) is 58.2 Å². The molecule has 0 saturated carbocycles. The molecule has 172 valence electrons. The van der Waals surface area contributed by atoms with E-state index in [2.05, 4.69) is 34.7 Å². The van der Waals surface area contributed by atoms with Crippen molar-refractivity contribution in [2.75, 3.05) is 6.54 Å². The van der Waals surface area contributed by atoms with Gasteiger partial charge in [-0.25, -0.2) is 9.78 Å². The molecule has 0 atom stereocenters. The molecule has 3 heterocycles. The first-order valence-corrected chi connectivity index (χ1v) is 11.5. The number of unbranched alkanes of at least 4 members (excludes halogenated alkanes) is 1. The molecule has 4 rings (SSSR count). The summed E-state index contributed by atoms with van der Waals surface area (Å²) in [6.45, 7) is 8.86. The van der Waals surface area contributed by atoms with E-state index in [0.29, 0.717) is 13.1 Å². The summed E-state index contributed by atoms with van der Waals surface area (Å²) in [6.07, 6.45) is 7.48. The molecule has 1 amide bonds. The predicted molar refractivity (Wildman–Crippen MR) is 131 cm³/mol. The number of benzene rings is 1. The quantitative estimate of drug-likeness (QED) is 0.390. The lowest BCUT2D eigenvalue weighted by Gasteiger charge is -2.33. The molecular formula is C26H31N5O2. The molecule has 33 heavy (non-hydrogen) atoms. The molecule has 0 aliphatic rings. The van der Waals surface area contributed by atoms with Crippen LogP contribution < -0.4 is 0 Å². The normalized spacial score (nSPS) is 11.9. The maximum atomic E-state index is 11.9. The van der Waals surface area contributed by atoms with Crippen molar-refractivity contribution in [2.24, 2.45) is 0 Å². The molecule has 0 fully saturated rings. The first-order valence-electron chi connectivity index (χ1n) is 11.5. The highest BCUT2D eigenvalue weighted by Crippen LogP contribution is 2.29. The highest BCUT2D eigenvalue weighted by Gasteiger charge is 2.26. The first-order chi connectivity index (χ1) is 15.8. The van der Waals surface area contributed by atoms with E-state index in [9.17, 15) is 9.90 Å². The topological polar surface area (TPSA) is 84.1 Å². The number of nitrogens with zero attached hydrogens (tertiary/aromatic N) is 5. The highest BCUT2D eigenvalue weighted by atomic mass is 16.4. The zero-order valence-electron chi connectivity index (χ0n) is 19.7. The summed E-state index contributed by atoms with van der Waals surface area (Å²) in [5.74, 6) is 0.983. The fourth-order valence-corrected chi connectivity index (χ4v) is 4.26. The van der Waals surface area contributed by atoms with Crippen molar-refractivity contribution in [3.8, 4) is 11.1 Å². The van der Waals surface area contributed by atoms with Gasteiger partial charge in [-0.3, -0.25) is 9.97 Å². The standard InChI is InChI=1S/C26H31N5O2/c1-5-6-9-23-29-22-17-28-21-15-18(19-8-7-12-27-16-19)10-11-20(21)24(22)30(23)13-14-31(25(32)33)26(2,3)4/h7-8,10-12,15-17H,5-6,9,13-14H2,1-4H3,(H,32,33). The molecule has 4 aromatic rings. The Balaban J connectivity index is 1.81. The van der Waals surface area contributed by atoms with E-state index < -0.39 is 11.6 Å². The van der Waals surface area contributed by atoms with Crippen LogP contribution in [-0.4, -0.2) is 47.7 Å². The number of rotatable bonds is 7. The Bertz CT molecular complexity index is 1270. The minimum atomic E-state index is -0.908. The second-order valence-corrected chi connectivity index (χ2v) is 9.35. The number of aryl methyl sites for hydroxylation is 1. The van der Waals surface area contributed by atoms with Gasteiger partial charge in [-0.15, -0.1) is 0 Å². The van der Waals surface area contributed by atoms with E-state index in [1.807, 2.05) is 45.3 Å². The number of fused-ring (bicyclic) bond motifs is 3. The summed E-state index contributed by atoms with van der Waals surface area (Å²) in [7, 11) is 0. The maximum absolute atomic E-state index is 11.9. The van der Waals surface area contributed by atoms with Crippen molar-refractivity contribution in [1.29, 1.82) is 0 Å². The zero-order valence-corrected chi connectivity index (χ0v) is 19.7. The Kier molecular flexibility index (Phi) is 6.31. The van der Waals surface area contributed by atoms with Crippen molar-refractivity contribution in [1.82, 2.24) is 24.4 Å². The Hall–Kier alpha value is -3.48. The van der Waals surface area contributed by atoms with Gasteiger partial charge in [0.15, 0.2) is 0 Å². The summed E-state index contributed by atoms with van der Waals surface area (Å²) in [5.41, 5.74) is 4.38. The number of aromatic nitrogens is 4. The molecular weight excluding hydrogens is 414 g/mol. The number of pyridine rings is 2. The Morgan fingerprint density at radius 2 is 1.94 bits per heavy atom. The van der Waals surface area contributed by atoms with Gasteiger partial charge in [0.1, 0.15) is 11.3 Å². The van der Waals surface area contributed by atoms with Crippen LogP contribution >= 0.6 is 0 Å². The van der Waals surface area contributed by atoms with Crippen molar-refractivity contribution < 1.29 is 9.90 Å². The molecule has 0 unspecified atom stereocenters. The average Bonchev–Trinajstić information content (AvgIpc) is 3.14. The van der Waals surface area contributed by atoms with Crippen LogP contribution in [0.15, 0.2) is 48.9 Å². The Morgan fingerprint density at radius 3 is 2.61 bits per heavy atom. The van der Waals surface area contributed by atoms with Crippen molar-refractivity contribution in [3.63, 3.8) is 0 Å². The van der Waals surface area contributed by atoms with Crippen molar-refractivity contribution in [3.05, 3.63) is 54.7 Å². The molecule has 0 saturated heterocycles. The van der Waals surface area contributed by atoms with Crippen LogP contribution in [0.25, 0.3) is 33.1 Å². The number of imidazole rings is 1. The minimum Gasteiger partial charge on any atom is -0.465 e. The van der Waals surface area contributed by atoms with E-state index in [-0.39, 0.29) is 0 Å². The van der Waals surface area contributed by atoms with Gasteiger partial charge in [0.25, 0.3) is 0 Å². The van der Waals surface area contributed by atoms with Gasteiger partial charge in [-0.05, 0) is 44.9 Å². The Labute approximate surface area is 194 Å².